The van der Waals surface area contributed by atoms with E-state index in [0.29, 0.717) is 24.3 Å². The van der Waals surface area contributed by atoms with Crippen molar-refractivity contribution in [1.82, 2.24) is 9.55 Å². The molecule has 9 nitrogen and oxygen atoms in total. The van der Waals surface area contributed by atoms with Gasteiger partial charge in [-0.25, -0.2) is 9.59 Å². The van der Waals surface area contributed by atoms with Gasteiger partial charge in [0.15, 0.2) is 12.3 Å². The number of aryl methyl sites for hydroxylation is 1. The number of carbonyl (C=O) groups excluding carboxylic acids is 2. The van der Waals surface area contributed by atoms with E-state index in [1.807, 2.05) is 13.8 Å². The molecule has 0 radical (unpaired) electrons. The van der Waals surface area contributed by atoms with Crippen LogP contribution in [0.1, 0.15) is 61.2 Å². The highest BCUT2D eigenvalue weighted by Gasteiger charge is 2.25. The number of thiophene rings is 1. The third kappa shape index (κ3) is 6.06. The number of nitrogens with one attached hydrogen (secondary N) is 1. The highest BCUT2D eigenvalue weighted by atomic mass is 32.1. The Balaban J connectivity index is 2.31. The molecular formula is C21H30N4O5S. The Morgan fingerprint density at radius 3 is 2.52 bits per heavy atom. The number of nitrogens with two attached hydrogens (primary N) is 1. The van der Waals surface area contributed by atoms with Crippen molar-refractivity contribution in [1.29, 1.82) is 0 Å². The minimum atomic E-state index is -0.736. The minimum Gasteiger partial charge on any atom is -0.451 e. The fraction of sp³-hybridized carbons (Fsp3) is 0.524. The number of nitrogen functional groups attached to an aromatic ring is 1. The Morgan fingerprint density at radius 1 is 1.19 bits per heavy atom. The molecule has 2 aromatic heterocycles. The first kappa shape index (κ1) is 24.4. The maximum absolute atomic E-state index is 13.0. The number of aromatic amines is 1. The first-order valence-corrected chi connectivity index (χ1v) is 11.3. The lowest BCUT2D eigenvalue weighted by Gasteiger charge is -2.24. The molecule has 0 fully saturated rings. The molecule has 2 heterocycles. The normalized spacial score (nSPS) is 10.8. The van der Waals surface area contributed by atoms with Gasteiger partial charge < -0.3 is 15.4 Å². The van der Waals surface area contributed by atoms with Crippen LogP contribution in [-0.4, -0.2) is 34.6 Å². The Morgan fingerprint density at radius 2 is 1.90 bits per heavy atom. The molecule has 2 rings (SSSR count). The molecule has 0 unspecified atom stereocenters. The lowest BCUT2D eigenvalue weighted by atomic mass is 10.2. The van der Waals surface area contributed by atoms with E-state index < -0.39 is 29.7 Å². The quantitative estimate of drug-likeness (QED) is 0.400. The second kappa shape index (κ2) is 11.5. The second-order valence-corrected chi connectivity index (χ2v) is 8.18. The largest absolute Gasteiger partial charge is 0.451 e. The monoisotopic (exact) mass is 450 g/mol. The maximum atomic E-state index is 13.0. The first-order valence-electron chi connectivity index (χ1n) is 10.5. The summed E-state index contributed by atoms with van der Waals surface area (Å²) in [5.74, 6) is -1.23. The van der Waals surface area contributed by atoms with E-state index in [0.717, 1.165) is 24.8 Å². The Hall–Kier alpha value is -2.88. The van der Waals surface area contributed by atoms with E-state index in [2.05, 4.69) is 4.98 Å². The number of anilines is 2. The average molecular weight is 451 g/mol. The van der Waals surface area contributed by atoms with E-state index in [9.17, 15) is 19.2 Å². The molecule has 0 saturated carbocycles. The highest BCUT2D eigenvalue weighted by Crippen LogP contribution is 2.20. The Bertz CT molecular complexity index is 1020. The molecule has 0 aliphatic rings. The number of amides is 1. The average Bonchev–Trinajstić information content (AvgIpc) is 3.16. The number of hydrogen-bond donors (Lipinski definition) is 2. The summed E-state index contributed by atoms with van der Waals surface area (Å²) < 4.78 is 6.46. The summed E-state index contributed by atoms with van der Waals surface area (Å²) in [4.78, 5) is 53.9. The van der Waals surface area contributed by atoms with Gasteiger partial charge in [0.1, 0.15) is 10.7 Å². The van der Waals surface area contributed by atoms with Crippen molar-refractivity contribution in [3.05, 3.63) is 42.7 Å². The molecule has 2 aromatic rings. The van der Waals surface area contributed by atoms with Crippen LogP contribution in [0.5, 0.6) is 0 Å². The van der Waals surface area contributed by atoms with Gasteiger partial charge in [0.25, 0.3) is 11.5 Å². The number of unbranched alkanes of at least 4 members (excludes halogenated alkanes) is 3. The van der Waals surface area contributed by atoms with E-state index in [4.69, 9.17) is 10.5 Å². The SMILES string of the molecule is CCCCCN(C(=O)COC(=O)c1sccc1C)c1c(N)n(CCCC)c(=O)[nH]c1=O. The van der Waals surface area contributed by atoms with Crippen molar-refractivity contribution in [3.8, 4) is 0 Å². The van der Waals surface area contributed by atoms with E-state index in [1.54, 1.807) is 18.4 Å². The number of ether oxygens (including phenoxy) is 1. The smallest absolute Gasteiger partial charge is 0.349 e. The molecule has 31 heavy (non-hydrogen) atoms. The lowest BCUT2D eigenvalue weighted by molar-refractivity contribution is -0.121. The molecule has 0 spiro atoms. The van der Waals surface area contributed by atoms with Gasteiger partial charge in [-0.05, 0) is 36.8 Å². The van der Waals surface area contributed by atoms with Crippen LogP contribution in [0.25, 0.3) is 0 Å². The lowest BCUT2D eigenvalue weighted by Crippen LogP contribution is -2.43. The van der Waals surface area contributed by atoms with Gasteiger partial charge in [-0.3, -0.25) is 19.1 Å². The van der Waals surface area contributed by atoms with Gasteiger partial charge >= 0.3 is 11.7 Å². The van der Waals surface area contributed by atoms with Gasteiger partial charge in [-0.1, -0.05) is 33.1 Å². The van der Waals surface area contributed by atoms with Gasteiger partial charge in [-0.2, -0.15) is 0 Å². The van der Waals surface area contributed by atoms with Crippen LogP contribution in [0, 0.1) is 6.92 Å². The number of esters is 1. The predicted octanol–water partition coefficient (Wildman–Crippen LogP) is 2.67. The topological polar surface area (TPSA) is 127 Å². The van der Waals surface area contributed by atoms with Crippen LogP contribution in [0.4, 0.5) is 11.5 Å². The highest BCUT2D eigenvalue weighted by molar-refractivity contribution is 7.12. The first-order chi connectivity index (χ1) is 14.8. The van der Waals surface area contributed by atoms with Crippen molar-refractivity contribution in [3.63, 3.8) is 0 Å². The number of hydrogen-bond acceptors (Lipinski definition) is 7. The van der Waals surface area contributed by atoms with Gasteiger partial charge in [-0.15, -0.1) is 11.3 Å². The van der Waals surface area contributed by atoms with Crippen molar-refractivity contribution in [2.24, 2.45) is 0 Å². The third-order valence-electron chi connectivity index (χ3n) is 4.88. The van der Waals surface area contributed by atoms with E-state index in [-0.39, 0.29) is 18.1 Å². The van der Waals surface area contributed by atoms with Crippen LogP contribution < -0.4 is 21.9 Å². The molecule has 1 amide bonds. The molecule has 0 bridgehead atoms. The maximum Gasteiger partial charge on any atom is 0.349 e. The number of H-pyrrole nitrogens is 1. The number of carbonyl (C=O) groups is 2. The summed E-state index contributed by atoms with van der Waals surface area (Å²) in [6, 6.07) is 1.79. The standard InChI is InChI=1S/C21H30N4O5S/c1-4-6-8-11-24(15(26)13-30-20(28)17-14(3)9-12-31-17)16-18(22)25(10-7-5-2)21(29)23-19(16)27/h9,12H,4-8,10-11,13,22H2,1-3H3,(H,23,27,29). The zero-order valence-electron chi connectivity index (χ0n) is 18.2. The minimum absolute atomic E-state index is 0.0625. The van der Waals surface area contributed by atoms with Crippen LogP contribution in [0.15, 0.2) is 21.0 Å². The van der Waals surface area contributed by atoms with Gasteiger partial charge in [0, 0.05) is 13.1 Å². The summed E-state index contributed by atoms with van der Waals surface area (Å²) in [6.07, 6.45) is 3.91. The molecular weight excluding hydrogens is 420 g/mol. The van der Waals surface area contributed by atoms with Gasteiger partial charge in [0.05, 0.1) is 0 Å². The van der Waals surface area contributed by atoms with Crippen molar-refractivity contribution in [2.75, 3.05) is 23.8 Å². The molecule has 170 valence electrons. The van der Waals surface area contributed by atoms with E-state index >= 15 is 0 Å². The Kier molecular flexibility index (Phi) is 9.04. The van der Waals surface area contributed by atoms with E-state index in [1.165, 1.54) is 20.8 Å². The molecule has 0 aliphatic heterocycles. The van der Waals surface area contributed by atoms with Crippen LogP contribution in [0.2, 0.25) is 0 Å². The van der Waals surface area contributed by atoms with Crippen LogP contribution in [0.3, 0.4) is 0 Å². The molecule has 0 aromatic carbocycles. The molecule has 10 heteroatoms. The predicted molar refractivity (Wildman–Crippen MR) is 122 cm³/mol. The zero-order chi connectivity index (χ0) is 23.0. The summed E-state index contributed by atoms with van der Waals surface area (Å²) >= 11 is 1.23. The second-order valence-electron chi connectivity index (χ2n) is 7.26. The van der Waals surface area contributed by atoms with Crippen molar-refractivity contribution >= 4 is 34.7 Å². The number of rotatable bonds is 11. The Labute approximate surface area is 184 Å². The van der Waals surface area contributed by atoms with Crippen LogP contribution in [-0.2, 0) is 16.1 Å². The molecule has 0 aliphatic carbocycles. The van der Waals surface area contributed by atoms with Crippen molar-refractivity contribution in [2.45, 2.75) is 59.4 Å². The molecule has 0 atom stereocenters. The van der Waals surface area contributed by atoms with Crippen LogP contribution >= 0.6 is 11.3 Å². The summed E-state index contributed by atoms with van der Waals surface area (Å²) in [7, 11) is 0. The van der Waals surface area contributed by atoms with Gasteiger partial charge in [0.2, 0.25) is 0 Å². The summed E-state index contributed by atoms with van der Waals surface area (Å²) in [6.45, 7) is 5.79. The zero-order valence-corrected chi connectivity index (χ0v) is 19.0. The summed E-state index contributed by atoms with van der Waals surface area (Å²) in [5, 5.41) is 1.77. The summed E-state index contributed by atoms with van der Waals surface area (Å²) in [5.41, 5.74) is 5.50. The number of nitrogens with zero attached hydrogens (tertiary/aromatic N) is 2. The van der Waals surface area contributed by atoms with Crippen molar-refractivity contribution < 1.29 is 14.3 Å². The molecule has 0 saturated heterocycles. The number of aromatic nitrogens is 2. The fourth-order valence-electron chi connectivity index (χ4n) is 3.11. The third-order valence-corrected chi connectivity index (χ3v) is 5.88. The molecule has 3 N–H and O–H groups in total. The fourth-order valence-corrected chi connectivity index (χ4v) is 3.93.